The molecule has 0 saturated heterocycles. The van der Waals surface area contributed by atoms with Crippen molar-refractivity contribution in [2.24, 2.45) is 0 Å². The Balaban J connectivity index is 2.52. The van der Waals surface area contributed by atoms with Crippen molar-refractivity contribution in [1.29, 1.82) is 0 Å². The second-order valence-electron chi connectivity index (χ2n) is 4.15. The minimum Gasteiger partial charge on any atom is -0.393 e. The highest BCUT2D eigenvalue weighted by atomic mass is 127. The standard InChI is InChI=1S/C12H11IN4O3/c1-7-15-5-9(13)12(18)16(7)6-8-3-2-4-10(11(8)14)17(19)20/h2-5H,6,14H2,1H3. The molecule has 1 aromatic heterocycles. The molecule has 0 spiro atoms. The topological polar surface area (TPSA) is 104 Å². The quantitative estimate of drug-likeness (QED) is 0.374. The molecule has 0 atom stereocenters. The first kappa shape index (κ1) is 14.4. The summed E-state index contributed by atoms with van der Waals surface area (Å²) in [5.74, 6) is 0.529. The minimum atomic E-state index is -0.540. The lowest BCUT2D eigenvalue weighted by Crippen LogP contribution is -2.26. The first-order chi connectivity index (χ1) is 9.41. The molecule has 0 saturated carbocycles. The van der Waals surface area contributed by atoms with Gasteiger partial charge in [0.1, 0.15) is 11.5 Å². The number of hydrogen-bond acceptors (Lipinski definition) is 5. The Kier molecular flexibility index (Phi) is 4.02. The lowest BCUT2D eigenvalue weighted by atomic mass is 10.1. The van der Waals surface area contributed by atoms with Gasteiger partial charge in [-0.2, -0.15) is 0 Å². The van der Waals surface area contributed by atoms with Crippen LogP contribution >= 0.6 is 22.6 Å². The third-order valence-electron chi connectivity index (χ3n) is 2.90. The third kappa shape index (κ3) is 2.64. The Morgan fingerprint density at radius 2 is 2.20 bits per heavy atom. The zero-order valence-corrected chi connectivity index (χ0v) is 12.7. The van der Waals surface area contributed by atoms with Gasteiger partial charge in [-0.05, 0) is 29.5 Å². The number of benzene rings is 1. The fourth-order valence-electron chi connectivity index (χ4n) is 1.80. The van der Waals surface area contributed by atoms with Gasteiger partial charge in [0, 0.05) is 17.8 Å². The van der Waals surface area contributed by atoms with Crippen LogP contribution in [-0.2, 0) is 6.54 Å². The molecule has 0 bridgehead atoms. The average Bonchev–Trinajstić information content (AvgIpc) is 2.40. The smallest absolute Gasteiger partial charge is 0.292 e. The number of hydrogen-bond donors (Lipinski definition) is 1. The van der Waals surface area contributed by atoms with Crippen LogP contribution in [0.5, 0.6) is 0 Å². The number of rotatable bonds is 3. The highest BCUT2D eigenvalue weighted by Crippen LogP contribution is 2.25. The molecule has 104 valence electrons. The molecule has 0 aliphatic carbocycles. The monoisotopic (exact) mass is 386 g/mol. The third-order valence-corrected chi connectivity index (χ3v) is 3.64. The molecule has 0 aliphatic rings. The number of para-hydroxylation sites is 1. The van der Waals surface area contributed by atoms with Crippen LogP contribution in [0, 0.1) is 20.6 Å². The summed E-state index contributed by atoms with van der Waals surface area (Å²) in [6.07, 6.45) is 1.49. The molecule has 20 heavy (non-hydrogen) atoms. The van der Waals surface area contributed by atoms with Crippen molar-refractivity contribution in [2.45, 2.75) is 13.5 Å². The van der Waals surface area contributed by atoms with Crippen LogP contribution in [-0.4, -0.2) is 14.5 Å². The lowest BCUT2D eigenvalue weighted by molar-refractivity contribution is -0.383. The van der Waals surface area contributed by atoms with Crippen molar-refractivity contribution in [2.75, 3.05) is 5.73 Å². The van der Waals surface area contributed by atoms with E-state index >= 15 is 0 Å². The van der Waals surface area contributed by atoms with Crippen molar-refractivity contribution in [3.05, 3.63) is 59.8 Å². The Hall–Kier alpha value is -1.97. The van der Waals surface area contributed by atoms with Crippen LogP contribution in [0.15, 0.2) is 29.2 Å². The number of anilines is 1. The van der Waals surface area contributed by atoms with E-state index in [1.54, 1.807) is 19.1 Å². The second kappa shape index (κ2) is 5.57. The van der Waals surface area contributed by atoms with Gasteiger partial charge in [-0.15, -0.1) is 0 Å². The summed E-state index contributed by atoms with van der Waals surface area (Å²) in [7, 11) is 0. The number of nitrogens with zero attached hydrogens (tertiary/aromatic N) is 3. The molecule has 0 fully saturated rings. The van der Waals surface area contributed by atoms with E-state index in [0.29, 0.717) is 15.0 Å². The number of nitro groups is 1. The Morgan fingerprint density at radius 3 is 2.85 bits per heavy atom. The maximum Gasteiger partial charge on any atom is 0.292 e. The molecule has 0 radical (unpaired) electrons. The summed E-state index contributed by atoms with van der Waals surface area (Å²) in [6, 6.07) is 4.54. The van der Waals surface area contributed by atoms with Crippen LogP contribution in [0.1, 0.15) is 11.4 Å². The fourth-order valence-corrected chi connectivity index (χ4v) is 2.23. The number of halogens is 1. The summed E-state index contributed by atoms with van der Waals surface area (Å²) < 4.78 is 1.93. The van der Waals surface area contributed by atoms with Gasteiger partial charge in [-0.3, -0.25) is 19.5 Å². The van der Waals surface area contributed by atoms with Gasteiger partial charge in [0.05, 0.1) is 15.0 Å². The summed E-state index contributed by atoms with van der Waals surface area (Å²) in [5.41, 5.74) is 6.03. The predicted molar refractivity (Wildman–Crippen MR) is 82.6 cm³/mol. The Labute approximate surface area is 127 Å². The number of aromatic nitrogens is 2. The van der Waals surface area contributed by atoms with Crippen molar-refractivity contribution < 1.29 is 4.92 Å². The fraction of sp³-hybridized carbons (Fsp3) is 0.167. The van der Waals surface area contributed by atoms with E-state index in [0.717, 1.165) is 0 Å². The SMILES string of the molecule is Cc1ncc(I)c(=O)n1Cc1cccc([N+](=O)[O-])c1N. The van der Waals surface area contributed by atoms with Gasteiger partial charge in [-0.25, -0.2) is 4.98 Å². The molecule has 2 rings (SSSR count). The van der Waals surface area contributed by atoms with E-state index in [4.69, 9.17) is 5.73 Å². The molecule has 7 nitrogen and oxygen atoms in total. The number of nitro benzene ring substituents is 1. The van der Waals surface area contributed by atoms with E-state index in [1.165, 1.54) is 16.8 Å². The Morgan fingerprint density at radius 1 is 1.50 bits per heavy atom. The van der Waals surface area contributed by atoms with Gasteiger partial charge < -0.3 is 5.73 Å². The van der Waals surface area contributed by atoms with Crippen molar-refractivity contribution in [3.63, 3.8) is 0 Å². The van der Waals surface area contributed by atoms with Crippen molar-refractivity contribution in [3.8, 4) is 0 Å². The van der Waals surface area contributed by atoms with Crippen LogP contribution in [0.25, 0.3) is 0 Å². The summed E-state index contributed by atoms with van der Waals surface area (Å²) >= 11 is 1.90. The minimum absolute atomic E-state index is 0.0719. The Bertz CT molecular complexity index is 742. The van der Waals surface area contributed by atoms with E-state index in [-0.39, 0.29) is 23.5 Å². The first-order valence-corrected chi connectivity index (χ1v) is 6.73. The molecule has 0 aliphatic heterocycles. The zero-order chi connectivity index (χ0) is 14.9. The molecule has 2 N–H and O–H groups in total. The highest BCUT2D eigenvalue weighted by molar-refractivity contribution is 14.1. The van der Waals surface area contributed by atoms with Gasteiger partial charge >= 0.3 is 0 Å². The van der Waals surface area contributed by atoms with Crippen molar-refractivity contribution in [1.82, 2.24) is 9.55 Å². The number of nitrogens with two attached hydrogens (primary N) is 1. The maximum atomic E-state index is 12.1. The zero-order valence-electron chi connectivity index (χ0n) is 10.5. The van der Waals surface area contributed by atoms with Crippen LogP contribution in [0.2, 0.25) is 0 Å². The summed E-state index contributed by atoms with van der Waals surface area (Å²) in [4.78, 5) is 26.5. The average molecular weight is 386 g/mol. The molecule has 1 aromatic carbocycles. The van der Waals surface area contributed by atoms with Gasteiger partial charge in [0.15, 0.2) is 0 Å². The van der Waals surface area contributed by atoms with E-state index in [2.05, 4.69) is 4.98 Å². The van der Waals surface area contributed by atoms with E-state index < -0.39 is 4.92 Å². The predicted octanol–water partition coefficient (Wildman–Crippen LogP) is 1.70. The maximum absolute atomic E-state index is 12.1. The molecular weight excluding hydrogens is 375 g/mol. The normalized spacial score (nSPS) is 10.5. The van der Waals surface area contributed by atoms with Gasteiger partial charge in [-0.1, -0.05) is 12.1 Å². The summed E-state index contributed by atoms with van der Waals surface area (Å²) in [6.45, 7) is 1.85. The summed E-state index contributed by atoms with van der Waals surface area (Å²) in [5, 5.41) is 10.9. The molecule has 0 unspecified atom stereocenters. The van der Waals surface area contributed by atoms with Gasteiger partial charge in [0.25, 0.3) is 11.2 Å². The first-order valence-electron chi connectivity index (χ1n) is 5.65. The lowest BCUT2D eigenvalue weighted by Gasteiger charge is -2.11. The van der Waals surface area contributed by atoms with Gasteiger partial charge in [0.2, 0.25) is 0 Å². The molecular formula is C12H11IN4O3. The molecule has 2 aromatic rings. The molecule has 8 heteroatoms. The van der Waals surface area contributed by atoms with Crippen LogP contribution in [0.3, 0.4) is 0 Å². The van der Waals surface area contributed by atoms with E-state index in [9.17, 15) is 14.9 Å². The molecule has 1 heterocycles. The van der Waals surface area contributed by atoms with E-state index in [1.807, 2.05) is 22.6 Å². The number of aryl methyl sites for hydroxylation is 1. The van der Waals surface area contributed by atoms with Crippen molar-refractivity contribution >= 4 is 34.0 Å². The van der Waals surface area contributed by atoms with Crippen LogP contribution < -0.4 is 11.3 Å². The van der Waals surface area contributed by atoms with Crippen LogP contribution in [0.4, 0.5) is 11.4 Å². The highest BCUT2D eigenvalue weighted by Gasteiger charge is 2.15. The largest absolute Gasteiger partial charge is 0.393 e. The molecule has 0 amide bonds. The number of nitrogen functional groups attached to an aromatic ring is 1. The second-order valence-corrected chi connectivity index (χ2v) is 5.31.